The van der Waals surface area contributed by atoms with Crippen molar-refractivity contribution in [3.63, 3.8) is 0 Å². The Balaban J connectivity index is 2.71. The van der Waals surface area contributed by atoms with Crippen molar-refractivity contribution in [2.24, 2.45) is 0 Å². The van der Waals surface area contributed by atoms with Gasteiger partial charge in [-0.05, 0) is 34.1 Å². The molecule has 0 aliphatic heterocycles. The molecule has 2 rings (SSSR count). The van der Waals surface area contributed by atoms with Gasteiger partial charge in [0.25, 0.3) is 0 Å². The number of hydrogen-bond donors (Lipinski definition) is 1. The normalized spacial score (nSPS) is 10.5. The summed E-state index contributed by atoms with van der Waals surface area (Å²) in [6.45, 7) is 1.32. The fourth-order valence-electron chi connectivity index (χ4n) is 1.43. The first kappa shape index (κ1) is 12.1. The van der Waals surface area contributed by atoms with Crippen molar-refractivity contribution in [2.45, 2.75) is 6.92 Å². The predicted molar refractivity (Wildman–Crippen MR) is 69.5 cm³/mol. The van der Waals surface area contributed by atoms with E-state index in [9.17, 15) is 9.59 Å². The lowest BCUT2D eigenvalue weighted by Gasteiger charge is -2.04. The smallest absolute Gasteiger partial charge is 0.360 e. The highest BCUT2D eigenvalue weighted by molar-refractivity contribution is 9.10. The molecule has 6 heteroatoms. The van der Waals surface area contributed by atoms with E-state index in [4.69, 9.17) is 16.0 Å². The topological polar surface area (TPSA) is 59.3 Å². The van der Waals surface area contributed by atoms with Crippen LogP contribution >= 0.6 is 27.5 Å². The number of fused-ring (bicyclic) bond motifs is 1. The third-order valence-electron chi connectivity index (χ3n) is 2.06. The van der Waals surface area contributed by atoms with Crippen molar-refractivity contribution in [1.82, 2.24) is 0 Å². The van der Waals surface area contributed by atoms with E-state index in [1.165, 1.54) is 13.0 Å². The molecule has 0 bridgehead atoms. The van der Waals surface area contributed by atoms with Crippen LogP contribution in [0.5, 0.6) is 0 Å². The Kier molecular flexibility index (Phi) is 3.22. The molecule has 0 spiro atoms. The van der Waals surface area contributed by atoms with Crippen molar-refractivity contribution in [2.75, 3.05) is 5.32 Å². The summed E-state index contributed by atoms with van der Waals surface area (Å²) in [4.78, 5) is 22.5. The van der Waals surface area contributed by atoms with Gasteiger partial charge in [0.2, 0.25) is 5.91 Å². The molecule has 0 atom stereocenters. The summed E-state index contributed by atoms with van der Waals surface area (Å²) in [7, 11) is 0. The first-order valence-electron chi connectivity index (χ1n) is 4.68. The second kappa shape index (κ2) is 4.50. The van der Waals surface area contributed by atoms with Gasteiger partial charge in [-0.1, -0.05) is 11.6 Å². The number of hydrogen-bond acceptors (Lipinski definition) is 3. The molecule has 2 aromatic rings. The van der Waals surface area contributed by atoms with Gasteiger partial charge in [0.05, 0.1) is 4.47 Å². The van der Waals surface area contributed by atoms with Gasteiger partial charge in [-0.25, -0.2) is 4.79 Å². The van der Waals surface area contributed by atoms with Crippen LogP contribution < -0.4 is 10.9 Å². The van der Waals surface area contributed by atoms with E-state index in [0.717, 1.165) is 0 Å². The van der Waals surface area contributed by atoms with E-state index in [1.54, 1.807) is 12.1 Å². The highest BCUT2D eigenvalue weighted by atomic mass is 79.9. The number of carbonyl (C=O) groups excluding carboxylic acids is 1. The fraction of sp³-hybridized carbons (Fsp3) is 0.0909. The Morgan fingerprint density at radius 1 is 1.41 bits per heavy atom. The molecule has 88 valence electrons. The highest BCUT2D eigenvalue weighted by Gasteiger charge is 2.09. The summed E-state index contributed by atoms with van der Waals surface area (Å²) < 4.78 is 5.69. The van der Waals surface area contributed by atoms with E-state index < -0.39 is 5.63 Å². The maximum absolute atomic E-state index is 11.6. The van der Waals surface area contributed by atoms with E-state index in [0.29, 0.717) is 20.5 Å². The Labute approximate surface area is 110 Å². The van der Waals surface area contributed by atoms with Gasteiger partial charge in [-0.2, -0.15) is 0 Å². The molecule has 1 N–H and O–H groups in total. The van der Waals surface area contributed by atoms with Crippen LogP contribution in [-0.4, -0.2) is 5.91 Å². The molecule has 0 aliphatic carbocycles. The highest BCUT2D eigenvalue weighted by Crippen LogP contribution is 2.28. The number of carbonyl (C=O) groups is 1. The molecule has 0 saturated carbocycles. The molecule has 1 aromatic carbocycles. The molecule has 0 fully saturated rings. The molecule has 0 aliphatic rings. The SMILES string of the molecule is CC(=O)Nc1cc2cc(Cl)cc(Br)c2oc1=O. The van der Waals surface area contributed by atoms with Crippen LogP contribution in [0.25, 0.3) is 11.0 Å². The Morgan fingerprint density at radius 2 is 2.12 bits per heavy atom. The van der Waals surface area contributed by atoms with Crippen molar-refractivity contribution in [3.8, 4) is 0 Å². The number of nitrogens with one attached hydrogen (secondary N) is 1. The molecule has 1 amide bonds. The zero-order chi connectivity index (χ0) is 12.6. The van der Waals surface area contributed by atoms with Gasteiger partial charge in [0.1, 0.15) is 5.69 Å². The molecular weight excluding hydrogens is 309 g/mol. The van der Waals surface area contributed by atoms with Gasteiger partial charge in [-0.3, -0.25) is 4.79 Å². The number of benzene rings is 1. The Hall–Kier alpha value is -1.33. The van der Waals surface area contributed by atoms with E-state index >= 15 is 0 Å². The first-order chi connectivity index (χ1) is 7.97. The minimum atomic E-state index is -0.601. The molecule has 0 radical (unpaired) electrons. The third kappa shape index (κ3) is 2.50. The van der Waals surface area contributed by atoms with Crippen molar-refractivity contribution in [1.29, 1.82) is 0 Å². The Morgan fingerprint density at radius 3 is 2.76 bits per heavy atom. The fourth-order valence-corrected chi connectivity index (χ4v) is 2.35. The third-order valence-corrected chi connectivity index (χ3v) is 2.87. The number of anilines is 1. The zero-order valence-corrected chi connectivity index (χ0v) is 11.1. The lowest BCUT2D eigenvalue weighted by molar-refractivity contribution is -0.114. The van der Waals surface area contributed by atoms with Gasteiger partial charge in [0, 0.05) is 17.3 Å². The maximum atomic E-state index is 11.6. The Bertz CT molecular complexity index is 666. The molecule has 1 heterocycles. The largest absolute Gasteiger partial charge is 0.420 e. The molecule has 1 aromatic heterocycles. The van der Waals surface area contributed by atoms with Crippen LogP contribution in [0.1, 0.15) is 6.92 Å². The van der Waals surface area contributed by atoms with Crippen molar-refractivity contribution < 1.29 is 9.21 Å². The van der Waals surface area contributed by atoms with Crippen LogP contribution in [0.4, 0.5) is 5.69 Å². The van der Waals surface area contributed by atoms with Crippen LogP contribution in [0.3, 0.4) is 0 Å². The van der Waals surface area contributed by atoms with Crippen LogP contribution in [0, 0.1) is 0 Å². The number of halogens is 2. The quantitative estimate of drug-likeness (QED) is 0.822. The van der Waals surface area contributed by atoms with Gasteiger partial charge in [-0.15, -0.1) is 0 Å². The van der Waals surface area contributed by atoms with Crippen LogP contribution in [0.2, 0.25) is 5.02 Å². The minimum Gasteiger partial charge on any atom is -0.420 e. The van der Waals surface area contributed by atoms with E-state index in [2.05, 4.69) is 21.2 Å². The monoisotopic (exact) mass is 315 g/mol. The first-order valence-corrected chi connectivity index (χ1v) is 5.85. The van der Waals surface area contributed by atoms with E-state index in [-0.39, 0.29) is 11.6 Å². The van der Waals surface area contributed by atoms with Crippen molar-refractivity contribution >= 4 is 50.1 Å². The average Bonchev–Trinajstić information content (AvgIpc) is 2.20. The van der Waals surface area contributed by atoms with Crippen LogP contribution in [-0.2, 0) is 4.79 Å². The zero-order valence-electron chi connectivity index (χ0n) is 8.71. The summed E-state index contributed by atoms with van der Waals surface area (Å²) in [6, 6.07) is 4.81. The summed E-state index contributed by atoms with van der Waals surface area (Å²) in [6.07, 6.45) is 0. The lowest BCUT2D eigenvalue weighted by Crippen LogP contribution is -2.14. The van der Waals surface area contributed by atoms with Gasteiger partial charge < -0.3 is 9.73 Å². The summed E-state index contributed by atoms with van der Waals surface area (Å²) in [5.74, 6) is -0.335. The number of amides is 1. The van der Waals surface area contributed by atoms with Crippen LogP contribution in [0.15, 0.2) is 31.9 Å². The summed E-state index contributed by atoms with van der Waals surface area (Å²) >= 11 is 9.14. The molecule has 0 unspecified atom stereocenters. The molecule has 0 saturated heterocycles. The van der Waals surface area contributed by atoms with Gasteiger partial charge in [0.15, 0.2) is 5.58 Å². The van der Waals surface area contributed by atoms with Crippen molar-refractivity contribution in [3.05, 3.63) is 38.1 Å². The van der Waals surface area contributed by atoms with Gasteiger partial charge >= 0.3 is 5.63 Å². The standard InChI is InChI=1S/C11H7BrClNO3/c1-5(15)14-9-3-6-2-7(13)4-8(12)10(6)17-11(9)16/h2-4H,1H3,(H,14,15). The summed E-state index contributed by atoms with van der Waals surface area (Å²) in [5.41, 5.74) is -0.108. The lowest BCUT2D eigenvalue weighted by atomic mass is 10.2. The number of rotatable bonds is 1. The second-order valence-electron chi connectivity index (χ2n) is 3.43. The van der Waals surface area contributed by atoms with E-state index in [1.807, 2.05) is 0 Å². The molecular formula is C11H7BrClNO3. The molecule has 4 nitrogen and oxygen atoms in total. The summed E-state index contributed by atoms with van der Waals surface area (Å²) in [5, 5.41) is 3.54. The average molecular weight is 317 g/mol. The maximum Gasteiger partial charge on any atom is 0.360 e. The predicted octanol–water partition coefficient (Wildman–Crippen LogP) is 3.17. The second-order valence-corrected chi connectivity index (χ2v) is 4.73. The minimum absolute atomic E-state index is 0.0965. The molecule has 17 heavy (non-hydrogen) atoms.